The summed E-state index contributed by atoms with van der Waals surface area (Å²) in [5, 5.41) is 17.0. The lowest BCUT2D eigenvalue weighted by molar-refractivity contribution is -0.136. The lowest BCUT2D eigenvalue weighted by atomic mass is 10.2. The van der Waals surface area contributed by atoms with E-state index < -0.39 is 57.0 Å². The fourth-order valence-corrected chi connectivity index (χ4v) is 2.27. The van der Waals surface area contributed by atoms with Crippen molar-refractivity contribution in [3.8, 4) is 0 Å². The van der Waals surface area contributed by atoms with Crippen LogP contribution in [0.15, 0.2) is 12.1 Å². The molecule has 0 bridgehead atoms. The van der Waals surface area contributed by atoms with Crippen LogP contribution in [0, 0.1) is 11.6 Å². The van der Waals surface area contributed by atoms with Crippen LogP contribution in [0.25, 0.3) is 0 Å². The van der Waals surface area contributed by atoms with Gasteiger partial charge in [0.25, 0.3) is 0 Å². The van der Waals surface area contributed by atoms with Gasteiger partial charge in [-0.05, 0) is 6.07 Å². The maximum absolute atomic E-state index is 13.3. The molecule has 0 aliphatic carbocycles. The Hall–Kier alpha value is -2.23. The van der Waals surface area contributed by atoms with Gasteiger partial charge in [-0.1, -0.05) is 0 Å². The number of aliphatic carboxylic acids is 1. The summed E-state index contributed by atoms with van der Waals surface area (Å²) >= 11 is 0. The van der Waals surface area contributed by atoms with Gasteiger partial charge in [0.1, 0.15) is 11.6 Å². The smallest absolute Gasteiger partial charge is 0.338 e. The molecule has 0 unspecified atom stereocenters. The van der Waals surface area contributed by atoms with E-state index in [1.165, 1.54) is 0 Å². The molecule has 3 N–H and O–H groups in total. The lowest BCUT2D eigenvalue weighted by Gasteiger charge is -2.09. The first-order valence-electron chi connectivity index (χ1n) is 5.07. The predicted octanol–water partition coefficient (Wildman–Crippen LogP) is 0.879. The highest BCUT2D eigenvalue weighted by Crippen LogP contribution is 2.21. The van der Waals surface area contributed by atoms with E-state index in [1.807, 2.05) is 0 Å². The number of rotatable bonds is 6. The topological polar surface area (TPSA) is 121 Å². The van der Waals surface area contributed by atoms with Gasteiger partial charge in [-0.25, -0.2) is 22.0 Å². The van der Waals surface area contributed by atoms with E-state index in [0.717, 1.165) is 0 Å². The van der Waals surface area contributed by atoms with Crippen LogP contribution < -0.4 is 4.72 Å². The van der Waals surface area contributed by atoms with Gasteiger partial charge in [0, 0.05) is 6.07 Å². The van der Waals surface area contributed by atoms with Crippen molar-refractivity contribution in [2.24, 2.45) is 0 Å². The molecule has 20 heavy (non-hydrogen) atoms. The highest BCUT2D eigenvalue weighted by molar-refractivity contribution is 7.92. The summed E-state index contributed by atoms with van der Waals surface area (Å²) in [5.74, 6) is -6.58. The van der Waals surface area contributed by atoms with Crippen LogP contribution in [0.2, 0.25) is 0 Å². The number of anilines is 1. The van der Waals surface area contributed by atoms with E-state index in [2.05, 4.69) is 0 Å². The fourth-order valence-electron chi connectivity index (χ4n) is 1.23. The Morgan fingerprint density at radius 1 is 1.15 bits per heavy atom. The van der Waals surface area contributed by atoms with Crippen LogP contribution in [-0.2, 0) is 14.8 Å². The summed E-state index contributed by atoms with van der Waals surface area (Å²) in [6.45, 7) is 0. The van der Waals surface area contributed by atoms with Crippen molar-refractivity contribution in [2.75, 3.05) is 10.5 Å². The van der Waals surface area contributed by atoms with Crippen LogP contribution in [0.4, 0.5) is 14.5 Å². The van der Waals surface area contributed by atoms with Gasteiger partial charge < -0.3 is 10.2 Å². The Labute approximate surface area is 111 Å². The Morgan fingerprint density at radius 2 is 1.75 bits per heavy atom. The van der Waals surface area contributed by atoms with Crippen LogP contribution in [0.1, 0.15) is 16.8 Å². The summed E-state index contributed by atoms with van der Waals surface area (Å²) in [6.07, 6.45) is -0.718. The van der Waals surface area contributed by atoms with Crippen LogP contribution in [0.3, 0.4) is 0 Å². The minimum absolute atomic E-state index is 0.221. The number of hydrogen-bond donors (Lipinski definition) is 3. The second-order valence-electron chi connectivity index (χ2n) is 3.68. The van der Waals surface area contributed by atoms with E-state index in [4.69, 9.17) is 10.2 Å². The predicted molar refractivity (Wildman–Crippen MR) is 63.0 cm³/mol. The maximum Gasteiger partial charge on any atom is 0.338 e. The van der Waals surface area contributed by atoms with Gasteiger partial charge >= 0.3 is 11.9 Å². The molecule has 0 spiro atoms. The maximum atomic E-state index is 13.3. The molecule has 0 amide bonds. The van der Waals surface area contributed by atoms with E-state index in [0.29, 0.717) is 6.07 Å². The summed E-state index contributed by atoms with van der Waals surface area (Å²) < 4.78 is 51.0. The third-order valence-corrected chi connectivity index (χ3v) is 3.41. The van der Waals surface area contributed by atoms with Crippen molar-refractivity contribution >= 4 is 27.6 Å². The molecular weight excluding hydrogens is 300 g/mol. The van der Waals surface area contributed by atoms with Crippen molar-refractivity contribution < 1.29 is 37.0 Å². The Balaban J connectivity index is 3.06. The third-order valence-electron chi connectivity index (χ3n) is 2.14. The minimum Gasteiger partial charge on any atom is -0.481 e. The number of benzene rings is 1. The molecule has 0 aromatic heterocycles. The molecule has 10 heteroatoms. The third kappa shape index (κ3) is 4.16. The molecule has 0 heterocycles. The quantitative estimate of drug-likeness (QED) is 0.717. The molecule has 0 atom stereocenters. The van der Waals surface area contributed by atoms with Crippen LogP contribution in [-0.4, -0.2) is 36.3 Å². The number of aromatic carboxylic acids is 1. The van der Waals surface area contributed by atoms with Crippen molar-refractivity contribution in [3.05, 3.63) is 29.3 Å². The number of halogens is 2. The molecule has 1 aromatic rings. The van der Waals surface area contributed by atoms with Gasteiger partial charge in [0.15, 0.2) is 0 Å². The number of carboxylic acid groups (broad SMARTS) is 2. The zero-order valence-electron chi connectivity index (χ0n) is 9.76. The molecule has 7 nitrogen and oxygen atoms in total. The number of sulfonamides is 1. The van der Waals surface area contributed by atoms with Crippen molar-refractivity contribution in [1.82, 2.24) is 0 Å². The lowest BCUT2D eigenvalue weighted by Crippen LogP contribution is -2.20. The number of carboxylic acids is 2. The standard InChI is InChI=1S/C10H9F2NO6S/c11-6-4-7(12)8(3-5(6)10(16)17)13-20(18,19)2-1-9(14)15/h3-4,13H,1-2H2,(H,14,15)(H,16,17). The first-order valence-corrected chi connectivity index (χ1v) is 6.72. The monoisotopic (exact) mass is 309 g/mol. The zero-order valence-corrected chi connectivity index (χ0v) is 10.6. The van der Waals surface area contributed by atoms with E-state index in [9.17, 15) is 26.8 Å². The van der Waals surface area contributed by atoms with Crippen molar-refractivity contribution in [3.63, 3.8) is 0 Å². The molecule has 0 radical (unpaired) electrons. The molecule has 0 saturated carbocycles. The molecule has 110 valence electrons. The van der Waals surface area contributed by atoms with E-state index >= 15 is 0 Å². The van der Waals surface area contributed by atoms with Gasteiger partial charge in [0.05, 0.1) is 23.4 Å². The first kappa shape index (κ1) is 15.8. The molecule has 0 fully saturated rings. The van der Waals surface area contributed by atoms with Crippen molar-refractivity contribution in [1.29, 1.82) is 0 Å². The van der Waals surface area contributed by atoms with Gasteiger partial charge in [-0.3, -0.25) is 9.52 Å². The largest absolute Gasteiger partial charge is 0.481 e. The number of carbonyl (C=O) groups is 2. The molecule has 1 aromatic carbocycles. The number of hydrogen-bond acceptors (Lipinski definition) is 4. The second-order valence-corrected chi connectivity index (χ2v) is 5.52. The molecule has 0 aliphatic heterocycles. The van der Waals surface area contributed by atoms with Gasteiger partial charge in [0.2, 0.25) is 10.0 Å². The second kappa shape index (κ2) is 5.82. The normalized spacial score (nSPS) is 11.1. The summed E-state index contributed by atoms with van der Waals surface area (Å²) in [6, 6.07) is 0.698. The van der Waals surface area contributed by atoms with Crippen LogP contribution in [0.5, 0.6) is 0 Å². The van der Waals surface area contributed by atoms with Gasteiger partial charge in [-0.15, -0.1) is 0 Å². The van der Waals surface area contributed by atoms with Crippen LogP contribution >= 0.6 is 0 Å². The fraction of sp³-hybridized carbons (Fsp3) is 0.200. The molecule has 0 aliphatic rings. The Kier molecular flexibility index (Phi) is 4.61. The highest BCUT2D eigenvalue weighted by atomic mass is 32.2. The summed E-state index contributed by atoms with van der Waals surface area (Å²) in [7, 11) is -4.19. The minimum atomic E-state index is -4.19. The van der Waals surface area contributed by atoms with Crippen molar-refractivity contribution in [2.45, 2.75) is 6.42 Å². The molecular formula is C10H9F2NO6S. The number of nitrogens with one attached hydrogen (secondary N) is 1. The average Bonchev–Trinajstić information content (AvgIpc) is 2.29. The zero-order chi connectivity index (χ0) is 15.5. The summed E-state index contributed by atoms with van der Waals surface area (Å²) in [5.41, 5.74) is -1.68. The highest BCUT2D eigenvalue weighted by Gasteiger charge is 2.19. The van der Waals surface area contributed by atoms with Gasteiger partial charge in [-0.2, -0.15) is 0 Å². The van der Waals surface area contributed by atoms with E-state index in [1.54, 1.807) is 4.72 Å². The Morgan fingerprint density at radius 3 is 2.25 bits per heavy atom. The molecule has 0 saturated heterocycles. The Bertz CT molecular complexity index is 658. The first-order chi connectivity index (χ1) is 9.12. The van der Waals surface area contributed by atoms with E-state index in [-0.39, 0.29) is 6.07 Å². The summed E-state index contributed by atoms with van der Waals surface area (Å²) in [4.78, 5) is 20.9. The SMILES string of the molecule is O=C(O)CCS(=O)(=O)Nc1cc(C(=O)O)c(F)cc1F. The molecule has 1 rings (SSSR count). The average molecular weight is 309 g/mol.